The van der Waals surface area contributed by atoms with E-state index in [1.165, 1.54) is 5.56 Å². The van der Waals surface area contributed by atoms with Crippen molar-refractivity contribution in [3.63, 3.8) is 0 Å². The first-order valence-corrected chi connectivity index (χ1v) is 8.22. The molecular formula is C18H25NO3. The first kappa shape index (κ1) is 15.5. The number of hydrogen-bond donors (Lipinski definition) is 1. The van der Waals surface area contributed by atoms with Crippen LogP contribution >= 0.6 is 0 Å². The van der Waals surface area contributed by atoms with Gasteiger partial charge in [-0.2, -0.15) is 0 Å². The van der Waals surface area contributed by atoms with E-state index in [-0.39, 0.29) is 30.1 Å². The van der Waals surface area contributed by atoms with Gasteiger partial charge in [0.15, 0.2) is 0 Å². The van der Waals surface area contributed by atoms with Crippen LogP contribution in [0.3, 0.4) is 0 Å². The first-order chi connectivity index (χ1) is 10.6. The number of benzene rings is 1. The highest BCUT2D eigenvalue weighted by atomic mass is 16.6. The summed E-state index contributed by atoms with van der Waals surface area (Å²) in [6, 6.07) is 10.4. The Kier molecular flexibility index (Phi) is 4.50. The zero-order valence-electron chi connectivity index (χ0n) is 13.2. The van der Waals surface area contributed by atoms with E-state index < -0.39 is 0 Å². The maximum Gasteiger partial charge on any atom is 0.312 e. The minimum absolute atomic E-state index is 0.00979. The smallest absolute Gasteiger partial charge is 0.312 e. The predicted molar refractivity (Wildman–Crippen MR) is 84.3 cm³/mol. The number of aliphatic hydroxyl groups is 1. The Morgan fingerprint density at radius 3 is 2.64 bits per heavy atom. The monoisotopic (exact) mass is 303 g/mol. The van der Waals surface area contributed by atoms with Gasteiger partial charge in [0.2, 0.25) is 0 Å². The third kappa shape index (κ3) is 2.90. The number of carbonyl (C=O) groups excluding carboxylic acids is 1. The largest absolute Gasteiger partial charge is 0.461 e. The lowest BCUT2D eigenvalue weighted by atomic mass is 9.67. The van der Waals surface area contributed by atoms with Gasteiger partial charge in [-0.3, -0.25) is 9.69 Å². The van der Waals surface area contributed by atoms with Crippen LogP contribution < -0.4 is 0 Å². The van der Waals surface area contributed by atoms with Crippen LogP contribution in [-0.2, 0) is 9.53 Å². The molecule has 4 nitrogen and oxygen atoms in total. The highest BCUT2D eigenvalue weighted by molar-refractivity contribution is 5.80. The first-order valence-electron chi connectivity index (χ1n) is 8.22. The van der Waals surface area contributed by atoms with Crippen molar-refractivity contribution in [3.05, 3.63) is 35.9 Å². The van der Waals surface area contributed by atoms with Crippen molar-refractivity contribution in [2.75, 3.05) is 20.2 Å². The number of hydrogen-bond acceptors (Lipinski definition) is 4. The Balaban J connectivity index is 1.64. The normalized spacial score (nSPS) is 24.3. The summed E-state index contributed by atoms with van der Waals surface area (Å²) < 4.78 is 5.61. The van der Waals surface area contributed by atoms with Crippen LogP contribution in [0.2, 0.25) is 0 Å². The van der Waals surface area contributed by atoms with Crippen LogP contribution in [0.5, 0.6) is 0 Å². The summed E-state index contributed by atoms with van der Waals surface area (Å²) in [4.78, 5) is 14.3. The molecule has 0 radical (unpaired) electrons. The van der Waals surface area contributed by atoms with E-state index in [0.717, 1.165) is 32.2 Å². The van der Waals surface area contributed by atoms with Gasteiger partial charge in [0, 0.05) is 25.6 Å². The van der Waals surface area contributed by atoms with Crippen molar-refractivity contribution >= 4 is 5.97 Å². The number of esters is 1. The molecular weight excluding hydrogens is 278 g/mol. The second kappa shape index (κ2) is 6.39. The van der Waals surface area contributed by atoms with Crippen LogP contribution in [0.1, 0.15) is 43.7 Å². The Bertz CT molecular complexity index is 512. The van der Waals surface area contributed by atoms with Gasteiger partial charge in [-0.25, -0.2) is 0 Å². The standard InChI is InChI=1S/C18H25NO3/c1-19(16(8-11-20)14-6-3-2-4-7-14)13-15-12-18(9-5-10-18)17(21)22-15/h2-4,6-7,15-16,20H,5,8-13H2,1H3/t15-,16+/m1/s1. The molecule has 2 aliphatic rings. The maximum atomic E-state index is 12.1. The van der Waals surface area contributed by atoms with Gasteiger partial charge < -0.3 is 9.84 Å². The third-order valence-electron chi connectivity index (χ3n) is 5.25. The molecule has 2 fully saturated rings. The number of rotatable bonds is 6. The van der Waals surface area contributed by atoms with Gasteiger partial charge in [0.05, 0.1) is 5.41 Å². The number of carbonyl (C=O) groups is 1. The molecule has 1 N–H and O–H groups in total. The van der Waals surface area contributed by atoms with Crippen LogP contribution in [0.4, 0.5) is 0 Å². The average molecular weight is 303 g/mol. The van der Waals surface area contributed by atoms with Crippen molar-refractivity contribution in [1.82, 2.24) is 4.90 Å². The van der Waals surface area contributed by atoms with Crippen molar-refractivity contribution < 1.29 is 14.6 Å². The zero-order chi connectivity index (χ0) is 15.6. The van der Waals surface area contributed by atoms with Crippen molar-refractivity contribution in [3.8, 4) is 0 Å². The fourth-order valence-electron chi connectivity index (χ4n) is 3.84. The molecule has 1 aromatic carbocycles. The Hall–Kier alpha value is -1.39. The highest BCUT2D eigenvalue weighted by Crippen LogP contribution is 2.50. The summed E-state index contributed by atoms with van der Waals surface area (Å²) in [6.45, 7) is 0.880. The van der Waals surface area contributed by atoms with Gasteiger partial charge in [0.1, 0.15) is 6.10 Å². The highest BCUT2D eigenvalue weighted by Gasteiger charge is 2.52. The molecule has 1 spiro atoms. The van der Waals surface area contributed by atoms with E-state index in [0.29, 0.717) is 6.42 Å². The Labute approximate surface area is 132 Å². The lowest BCUT2D eigenvalue weighted by molar-refractivity contribution is -0.152. The predicted octanol–water partition coefficient (Wildman–Crippen LogP) is 2.53. The molecule has 0 bridgehead atoms. The molecule has 3 rings (SSSR count). The van der Waals surface area contributed by atoms with Crippen LogP contribution in [-0.4, -0.2) is 42.3 Å². The Morgan fingerprint density at radius 2 is 2.09 bits per heavy atom. The molecule has 1 saturated carbocycles. The number of nitrogens with zero attached hydrogens (tertiary/aromatic N) is 1. The minimum Gasteiger partial charge on any atom is -0.461 e. The lowest BCUT2D eigenvalue weighted by Crippen LogP contribution is -2.35. The van der Waals surface area contributed by atoms with Gasteiger partial charge in [0.25, 0.3) is 0 Å². The Morgan fingerprint density at radius 1 is 1.36 bits per heavy atom. The summed E-state index contributed by atoms with van der Waals surface area (Å²) in [5, 5.41) is 9.37. The topological polar surface area (TPSA) is 49.8 Å². The molecule has 22 heavy (non-hydrogen) atoms. The van der Waals surface area contributed by atoms with Crippen molar-refractivity contribution in [2.45, 2.75) is 44.2 Å². The van der Waals surface area contributed by atoms with Crippen molar-refractivity contribution in [1.29, 1.82) is 0 Å². The lowest BCUT2D eigenvalue weighted by Gasteiger charge is -2.34. The average Bonchev–Trinajstić information content (AvgIpc) is 2.82. The zero-order valence-corrected chi connectivity index (χ0v) is 13.2. The molecule has 1 aliphatic carbocycles. The molecule has 2 atom stereocenters. The van der Waals surface area contributed by atoms with E-state index in [9.17, 15) is 9.90 Å². The number of likely N-dealkylation sites (N-methyl/N-ethyl adjacent to an activating group) is 1. The van der Waals surface area contributed by atoms with Crippen molar-refractivity contribution in [2.24, 2.45) is 5.41 Å². The minimum atomic E-state index is -0.162. The molecule has 0 amide bonds. The van der Waals surface area contributed by atoms with E-state index in [4.69, 9.17) is 4.74 Å². The van der Waals surface area contributed by atoms with E-state index in [1.807, 2.05) is 25.2 Å². The quantitative estimate of drug-likeness (QED) is 0.821. The van der Waals surface area contributed by atoms with E-state index >= 15 is 0 Å². The number of ether oxygens (including phenoxy) is 1. The summed E-state index contributed by atoms with van der Waals surface area (Å²) in [6.07, 6.45) is 4.66. The van der Waals surface area contributed by atoms with Crippen LogP contribution in [0.15, 0.2) is 30.3 Å². The second-order valence-corrected chi connectivity index (χ2v) is 6.74. The van der Waals surface area contributed by atoms with Gasteiger partial charge in [-0.15, -0.1) is 0 Å². The van der Waals surface area contributed by atoms with Crippen LogP contribution in [0, 0.1) is 5.41 Å². The summed E-state index contributed by atoms with van der Waals surface area (Å²) in [7, 11) is 2.05. The molecule has 4 heteroatoms. The molecule has 1 aromatic rings. The second-order valence-electron chi connectivity index (χ2n) is 6.74. The molecule has 0 unspecified atom stereocenters. The third-order valence-corrected chi connectivity index (χ3v) is 5.25. The van der Waals surface area contributed by atoms with Gasteiger partial charge in [-0.05, 0) is 31.9 Å². The summed E-state index contributed by atoms with van der Waals surface area (Å²) in [5.74, 6) is 0.00979. The van der Waals surface area contributed by atoms with E-state index in [1.54, 1.807) is 0 Å². The van der Waals surface area contributed by atoms with Gasteiger partial charge in [-0.1, -0.05) is 36.8 Å². The molecule has 120 valence electrons. The molecule has 1 aliphatic heterocycles. The SMILES string of the molecule is CN(C[C@H]1CC2(CCC2)C(=O)O1)[C@@H](CCO)c1ccccc1. The molecule has 1 heterocycles. The molecule has 1 saturated heterocycles. The number of cyclic esters (lactones) is 1. The van der Waals surface area contributed by atoms with Gasteiger partial charge >= 0.3 is 5.97 Å². The molecule has 0 aromatic heterocycles. The maximum absolute atomic E-state index is 12.1. The fraction of sp³-hybridized carbons (Fsp3) is 0.611. The summed E-state index contributed by atoms with van der Waals surface area (Å²) in [5.41, 5.74) is 1.03. The van der Waals surface area contributed by atoms with E-state index in [2.05, 4.69) is 17.0 Å². The fourth-order valence-corrected chi connectivity index (χ4v) is 3.84. The summed E-state index contributed by atoms with van der Waals surface area (Å²) >= 11 is 0. The number of aliphatic hydroxyl groups excluding tert-OH is 1. The van der Waals surface area contributed by atoms with Crippen LogP contribution in [0.25, 0.3) is 0 Å².